The maximum Gasteiger partial charge on any atom is 0.0541 e. The first-order valence-corrected chi connectivity index (χ1v) is 17.0. The van der Waals surface area contributed by atoms with Gasteiger partial charge in [0, 0.05) is 38.3 Å². The molecule has 2 fully saturated rings. The zero-order chi connectivity index (χ0) is 30.2. The van der Waals surface area contributed by atoms with Gasteiger partial charge in [0.2, 0.25) is 0 Å². The highest BCUT2D eigenvalue weighted by Crippen LogP contribution is 2.60. The Balaban J connectivity index is 1.11. The van der Waals surface area contributed by atoms with Gasteiger partial charge in [-0.1, -0.05) is 103 Å². The Morgan fingerprint density at radius 2 is 0.696 bits per heavy atom. The first-order valence-electron chi connectivity index (χ1n) is 17.0. The predicted octanol–water partition coefficient (Wildman–Crippen LogP) is 11.4. The van der Waals surface area contributed by atoms with Gasteiger partial charge in [0.25, 0.3) is 0 Å². The summed E-state index contributed by atoms with van der Waals surface area (Å²) in [5.41, 5.74) is 10.6. The van der Waals surface area contributed by atoms with E-state index in [1.54, 1.807) is 0 Å². The largest absolute Gasteiger partial charge is 0.309 e. The molecule has 222 valence electrons. The van der Waals surface area contributed by atoms with Gasteiger partial charge in [-0.3, -0.25) is 0 Å². The maximum atomic E-state index is 2.47. The summed E-state index contributed by atoms with van der Waals surface area (Å²) in [6.45, 7) is 0. The molecule has 0 aliphatic heterocycles. The molecule has 2 atom stereocenters. The molecule has 2 aromatic heterocycles. The van der Waals surface area contributed by atoms with Crippen molar-refractivity contribution in [2.45, 2.75) is 37.5 Å². The van der Waals surface area contributed by atoms with E-state index in [-0.39, 0.29) is 5.41 Å². The lowest BCUT2D eigenvalue weighted by atomic mass is 9.58. The molecule has 0 saturated heterocycles. The van der Waals surface area contributed by atoms with Crippen LogP contribution < -0.4 is 0 Å². The van der Waals surface area contributed by atoms with Crippen LogP contribution in [-0.2, 0) is 5.41 Å². The minimum absolute atomic E-state index is 0.0664. The molecule has 2 saturated carbocycles. The molecule has 2 heteroatoms. The Bertz CT molecular complexity index is 2120. The minimum atomic E-state index is 0.0664. The Hall–Kier alpha value is -5.08. The van der Waals surface area contributed by atoms with Gasteiger partial charge >= 0.3 is 0 Å². The van der Waals surface area contributed by atoms with Gasteiger partial charge in [-0.25, -0.2) is 0 Å². The van der Waals surface area contributed by atoms with E-state index in [9.17, 15) is 0 Å². The second kappa shape index (κ2) is 9.96. The van der Waals surface area contributed by atoms with Crippen LogP contribution in [0, 0.1) is 11.8 Å². The number of para-hydroxylation sites is 4. The molecule has 2 aliphatic rings. The summed E-state index contributed by atoms with van der Waals surface area (Å²) in [6.07, 6.45) is 6.65. The fourth-order valence-corrected chi connectivity index (χ4v) is 9.83. The van der Waals surface area contributed by atoms with Crippen LogP contribution in [-0.4, -0.2) is 9.13 Å². The number of benzene rings is 6. The third-order valence-electron chi connectivity index (χ3n) is 11.6. The quantitative estimate of drug-likeness (QED) is 0.192. The SMILES string of the molecule is c1ccc2c(c1)c1ccccc1n2-c1ccc(C2(c3ccc(-n4c5ccccc5c5ccccc54)cc3)C3CCCC2CC3)cc1. The fourth-order valence-electron chi connectivity index (χ4n) is 9.83. The van der Waals surface area contributed by atoms with E-state index in [1.807, 2.05) is 0 Å². The van der Waals surface area contributed by atoms with Gasteiger partial charge in [0.05, 0.1) is 22.1 Å². The molecule has 2 unspecified atom stereocenters. The molecule has 2 bridgehead atoms. The third kappa shape index (κ3) is 3.53. The van der Waals surface area contributed by atoms with Crippen LogP contribution in [0.25, 0.3) is 55.0 Å². The Morgan fingerprint density at radius 3 is 1.04 bits per heavy atom. The van der Waals surface area contributed by atoms with Gasteiger partial charge < -0.3 is 9.13 Å². The zero-order valence-corrected chi connectivity index (χ0v) is 25.9. The summed E-state index contributed by atoms with van der Waals surface area (Å²) < 4.78 is 4.88. The molecule has 0 amide bonds. The molecule has 0 N–H and O–H groups in total. The van der Waals surface area contributed by atoms with Crippen LogP contribution in [0.5, 0.6) is 0 Å². The van der Waals surface area contributed by atoms with E-state index in [0.29, 0.717) is 11.8 Å². The van der Waals surface area contributed by atoms with Crippen molar-refractivity contribution in [1.82, 2.24) is 9.13 Å². The summed E-state index contributed by atoms with van der Waals surface area (Å²) in [5.74, 6) is 1.37. The second-order valence-electron chi connectivity index (χ2n) is 13.6. The number of fused-ring (bicyclic) bond motifs is 8. The molecule has 0 radical (unpaired) electrons. The lowest BCUT2D eigenvalue weighted by Crippen LogP contribution is -2.41. The summed E-state index contributed by atoms with van der Waals surface area (Å²) in [7, 11) is 0. The maximum absolute atomic E-state index is 2.47. The number of aromatic nitrogens is 2. The minimum Gasteiger partial charge on any atom is -0.309 e. The Labute approximate surface area is 269 Å². The molecular weight excluding hydrogens is 556 g/mol. The number of hydrogen-bond acceptors (Lipinski definition) is 0. The summed E-state index contributed by atoms with van der Waals surface area (Å²) >= 11 is 0. The number of nitrogens with zero attached hydrogens (tertiary/aromatic N) is 2. The van der Waals surface area contributed by atoms with E-state index in [2.05, 4.69) is 155 Å². The first-order chi connectivity index (χ1) is 22.8. The lowest BCUT2D eigenvalue weighted by Gasteiger charge is -2.45. The van der Waals surface area contributed by atoms with Crippen LogP contribution in [0.15, 0.2) is 146 Å². The van der Waals surface area contributed by atoms with Gasteiger partial charge in [0.15, 0.2) is 0 Å². The van der Waals surface area contributed by atoms with Crippen molar-refractivity contribution in [3.8, 4) is 11.4 Å². The van der Waals surface area contributed by atoms with Crippen LogP contribution >= 0.6 is 0 Å². The van der Waals surface area contributed by atoms with Crippen LogP contribution in [0.4, 0.5) is 0 Å². The van der Waals surface area contributed by atoms with E-state index in [4.69, 9.17) is 0 Å². The zero-order valence-electron chi connectivity index (χ0n) is 25.9. The van der Waals surface area contributed by atoms with Crippen molar-refractivity contribution in [2.24, 2.45) is 11.8 Å². The molecule has 46 heavy (non-hydrogen) atoms. The highest BCUT2D eigenvalue weighted by atomic mass is 15.0. The smallest absolute Gasteiger partial charge is 0.0541 e. The van der Waals surface area contributed by atoms with Gasteiger partial charge in [-0.15, -0.1) is 0 Å². The Kier molecular flexibility index (Phi) is 5.67. The van der Waals surface area contributed by atoms with E-state index in [1.165, 1.54) is 98.2 Å². The number of hydrogen-bond donors (Lipinski definition) is 0. The van der Waals surface area contributed by atoms with E-state index in [0.717, 1.165) is 0 Å². The highest BCUT2D eigenvalue weighted by molar-refractivity contribution is 6.10. The van der Waals surface area contributed by atoms with Crippen LogP contribution in [0.1, 0.15) is 43.2 Å². The van der Waals surface area contributed by atoms with Crippen molar-refractivity contribution in [1.29, 1.82) is 0 Å². The highest BCUT2D eigenvalue weighted by Gasteiger charge is 2.53. The molecule has 8 aromatic rings. The van der Waals surface area contributed by atoms with Crippen molar-refractivity contribution in [2.75, 3.05) is 0 Å². The summed E-state index contributed by atoms with van der Waals surface area (Å²) in [4.78, 5) is 0. The van der Waals surface area contributed by atoms with Crippen molar-refractivity contribution < 1.29 is 0 Å². The molecule has 10 rings (SSSR count). The monoisotopic (exact) mass is 592 g/mol. The fraction of sp³-hybridized carbons (Fsp3) is 0.182. The average Bonchev–Trinajstić information content (AvgIpc) is 3.70. The summed E-state index contributed by atoms with van der Waals surface area (Å²) in [5, 5.41) is 5.25. The molecule has 2 heterocycles. The predicted molar refractivity (Wildman–Crippen MR) is 192 cm³/mol. The van der Waals surface area contributed by atoms with Crippen LogP contribution in [0.3, 0.4) is 0 Å². The molecule has 2 nitrogen and oxygen atoms in total. The van der Waals surface area contributed by atoms with Gasteiger partial charge in [0.1, 0.15) is 0 Å². The second-order valence-corrected chi connectivity index (χ2v) is 13.6. The Morgan fingerprint density at radius 1 is 0.370 bits per heavy atom. The molecule has 0 spiro atoms. The molecule has 2 aliphatic carbocycles. The van der Waals surface area contributed by atoms with Gasteiger partial charge in [-0.05, 0) is 97.2 Å². The van der Waals surface area contributed by atoms with E-state index < -0.39 is 0 Å². The standard InChI is InChI=1S/C44H36N2/c1-5-16-40-36(12-1)37-13-2-6-17-41(37)45(40)34-26-22-32(23-27-34)44(30-10-9-11-31(44)21-20-30)33-24-28-35(29-25-33)46-42-18-7-3-14-38(42)39-15-4-8-19-43(39)46/h1-8,12-19,22-31H,9-11,20-21H2. The molecular formula is C44H36N2. The lowest BCUT2D eigenvalue weighted by molar-refractivity contribution is 0.216. The molecule has 6 aromatic carbocycles. The first kappa shape index (κ1) is 26.2. The van der Waals surface area contributed by atoms with E-state index >= 15 is 0 Å². The average molecular weight is 593 g/mol. The third-order valence-corrected chi connectivity index (χ3v) is 11.6. The van der Waals surface area contributed by atoms with Gasteiger partial charge in [-0.2, -0.15) is 0 Å². The van der Waals surface area contributed by atoms with Crippen LogP contribution in [0.2, 0.25) is 0 Å². The van der Waals surface area contributed by atoms with Crippen molar-refractivity contribution in [3.63, 3.8) is 0 Å². The summed E-state index contributed by atoms with van der Waals surface area (Å²) in [6, 6.07) is 54.7. The number of rotatable bonds is 4. The normalized spacial score (nSPS) is 19.0. The van der Waals surface area contributed by atoms with Crippen molar-refractivity contribution >= 4 is 43.6 Å². The topological polar surface area (TPSA) is 9.86 Å². The van der Waals surface area contributed by atoms with Crippen molar-refractivity contribution in [3.05, 3.63) is 157 Å².